The lowest BCUT2D eigenvalue weighted by Gasteiger charge is -2.19. The molecule has 0 aliphatic carbocycles. The van der Waals surface area contributed by atoms with Gasteiger partial charge < -0.3 is 15.5 Å². The average Bonchev–Trinajstić information content (AvgIpc) is 2.29. The molecule has 0 saturated heterocycles. The van der Waals surface area contributed by atoms with Gasteiger partial charge in [0, 0.05) is 20.6 Å². The molecular weight excluding hydrogens is 275 g/mol. The minimum absolute atomic E-state index is 0.0844. The Bertz CT molecular complexity index is 439. The number of carbonyl (C=O) groups is 1. The van der Waals surface area contributed by atoms with Crippen molar-refractivity contribution in [3.05, 3.63) is 16.1 Å². The Morgan fingerprint density at radius 2 is 2.11 bits per heavy atom. The van der Waals surface area contributed by atoms with Crippen molar-refractivity contribution in [1.29, 1.82) is 0 Å². The van der Waals surface area contributed by atoms with E-state index in [0.717, 1.165) is 0 Å². The third-order valence-corrected chi connectivity index (χ3v) is 2.83. The molecule has 1 aromatic rings. The Labute approximate surface area is 116 Å². The summed E-state index contributed by atoms with van der Waals surface area (Å²) in [6, 6.07) is 1.60. The molecule has 0 aliphatic rings. The molecule has 0 aromatic carbocycles. The molecule has 1 amide bonds. The number of halogens is 2. The van der Waals surface area contributed by atoms with Crippen molar-refractivity contribution in [3.8, 4) is 0 Å². The Hall–Kier alpha value is -1.20. The third kappa shape index (κ3) is 3.65. The molecule has 0 bridgehead atoms. The molecule has 0 fully saturated rings. The van der Waals surface area contributed by atoms with E-state index in [2.05, 4.69) is 15.6 Å². The molecule has 0 aliphatic heterocycles. The number of amides is 1. The van der Waals surface area contributed by atoms with E-state index < -0.39 is 0 Å². The zero-order valence-electron chi connectivity index (χ0n) is 10.6. The molecule has 100 valence electrons. The van der Waals surface area contributed by atoms with Gasteiger partial charge in [0.25, 0.3) is 0 Å². The van der Waals surface area contributed by atoms with E-state index in [1.165, 1.54) is 0 Å². The molecule has 0 atom stereocenters. The second-order valence-corrected chi connectivity index (χ2v) is 4.50. The highest BCUT2D eigenvalue weighted by Gasteiger charge is 2.14. The smallest absolute Gasteiger partial charge is 0.239 e. The molecule has 18 heavy (non-hydrogen) atoms. The number of anilines is 2. The van der Waals surface area contributed by atoms with Crippen molar-refractivity contribution in [3.63, 3.8) is 0 Å². The highest BCUT2D eigenvalue weighted by atomic mass is 35.5. The van der Waals surface area contributed by atoms with Gasteiger partial charge in [-0.1, -0.05) is 23.2 Å². The summed E-state index contributed by atoms with van der Waals surface area (Å²) in [5, 5.41) is 6.43. The number of hydrogen-bond acceptors (Lipinski definition) is 4. The fourth-order valence-corrected chi connectivity index (χ4v) is 2.04. The molecule has 1 rings (SSSR count). The quantitative estimate of drug-likeness (QED) is 0.871. The normalized spacial score (nSPS) is 10.1. The highest BCUT2D eigenvalue weighted by Crippen LogP contribution is 2.30. The maximum Gasteiger partial charge on any atom is 0.239 e. The molecule has 0 spiro atoms. The average molecular weight is 291 g/mol. The summed E-state index contributed by atoms with van der Waals surface area (Å²) >= 11 is 12.0. The van der Waals surface area contributed by atoms with E-state index in [4.69, 9.17) is 23.2 Å². The lowest BCUT2D eigenvalue weighted by molar-refractivity contribution is -0.119. The fraction of sp³-hybridized carbons (Fsp3) is 0.455. The van der Waals surface area contributed by atoms with Crippen LogP contribution in [0.3, 0.4) is 0 Å². The molecule has 0 saturated carbocycles. The summed E-state index contributed by atoms with van der Waals surface area (Å²) in [7, 11) is 3.46. The first-order valence-electron chi connectivity index (χ1n) is 5.51. The number of hydrogen-bond donors (Lipinski definition) is 2. The molecule has 0 radical (unpaired) electrons. The van der Waals surface area contributed by atoms with Gasteiger partial charge in [-0.15, -0.1) is 0 Å². The first kappa shape index (κ1) is 14.9. The number of rotatable bonds is 5. The van der Waals surface area contributed by atoms with E-state index in [1.807, 2.05) is 6.92 Å². The van der Waals surface area contributed by atoms with Gasteiger partial charge in [-0.2, -0.15) is 0 Å². The van der Waals surface area contributed by atoms with Crippen LogP contribution in [-0.2, 0) is 4.79 Å². The summed E-state index contributed by atoms with van der Waals surface area (Å²) in [4.78, 5) is 17.4. The zero-order valence-corrected chi connectivity index (χ0v) is 12.1. The Balaban J connectivity index is 2.91. The van der Waals surface area contributed by atoms with Crippen LogP contribution < -0.4 is 15.5 Å². The first-order chi connectivity index (χ1) is 8.49. The second-order valence-electron chi connectivity index (χ2n) is 3.68. The minimum atomic E-state index is -0.0844. The number of nitrogens with one attached hydrogen (secondary N) is 2. The topological polar surface area (TPSA) is 57.3 Å². The second kappa shape index (κ2) is 6.66. The minimum Gasteiger partial charge on any atom is -0.372 e. The SMILES string of the molecule is CCNC(=O)CN(C)c1nc(NC)c(Cl)cc1Cl. The maximum absolute atomic E-state index is 11.5. The summed E-state index contributed by atoms with van der Waals surface area (Å²) in [5.74, 6) is 0.953. The Kier molecular flexibility index (Phi) is 5.50. The van der Waals surface area contributed by atoms with E-state index in [9.17, 15) is 4.79 Å². The van der Waals surface area contributed by atoms with Gasteiger partial charge in [0.1, 0.15) is 11.6 Å². The van der Waals surface area contributed by atoms with Crippen molar-refractivity contribution in [2.45, 2.75) is 6.92 Å². The lowest BCUT2D eigenvalue weighted by atomic mass is 10.4. The predicted octanol–water partition coefficient (Wildman–Crippen LogP) is 2.00. The van der Waals surface area contributed by atoms with Crippen LogP contribution in [-0.4, -0.2) is 38.1 Å². The van der Waals surface area contributed by atoms with Crippen LogP contribution in [0.5, 0.6) is 0 Å². The van der Waals surface area contributed by atoms with Crippen LogP contribution in [0, 0.1) is 0 Å². The molecule has 5 nitrogen and oxygen atoms in total. The largest absolute Gasteiger partial charge is 0.372 e. The van der Waals surface area contributed by atoms with Gasteiger partial charge in [0.15, 0.2) is 0 Å². The third-order valence-electron chi connectivity index (χ3n) is 2.26. The standard InChI is InChI=1S/C11H16Cl2N4O/c1-4-15-9(18)6-17(3)11-8(13)5-7(12)10(14-2)16-11/h5H,4,6H2,1-3H3,(H,14,16)(H,15,18). The number of likely N-dealkylation sites (N-methyl/N-ethyl adjacent to an activating group) is 2. The van der Waals surface area contributed by atoms with Crippen molar-refractivity contribution < 1.29 is 4.79 Å². The molecule has 7 heteroatoms. The van der Waals surface area contributed by atoms with Crippen molar-refractivity contribution in [2.24, 2.45) is 0 Å². The van der Waals surface area contributed by atoms with Gasteiger partial charge in [0.2, 0.25) is 5.91 Å². The monoisotopic (exact) mass is 290 g/mol. The summed E-state index contributed by atoms with van der Waals surface area (Å²) < 4.78 is 0. The van der Waals surface area contributed by atoms with Crippen molar-refractivity contribution in [2.75, 3.05) is 37.4 Å². The van der Waals surface area contributed by atoms with Crippen LogP contribution >= 0.6 is 23.2 Å². The van der Waals surface area contributed by atoms with Gasteiger partial charge in [-0.05, 0) is 13.0 Å². The van der Waals surface area contributed by atoms with Gasteiger partial charge in [0.05, 0.1) is 16.6 Å². The number of aromatic nitrogens is 1. The molecule has 1 heterocycles. The first-order valence-corrected chi connectivity index (χ1v) is 6.26. The van der Waals surface area contributed by atoms with Crippen LogP contribution in [0.4, 0.5) is 11.6 Å². The van der Waals surface area contributed by atoms with Crippen LogP contribution in [0.25, 0.3) is 0 Å². The Morgan fingerprint density at radius 3 is 2.67 bits per heavy atom. The number of pyridine rings is 1. The number of carbonyl (C=O) groups excluding carboxylic acids is 1. The van der Waals surface area contributed by atoms with Gasteiger partial charge in [-0.3, -0.25) is 4.79 Å². The lowest BCUT2D eigenvalue weighted by Crippen LogP contribution is -2.35. The predicted molar refractivity (Wildman–Crippen MR) is 75.8 cm³/mol. The van der Waals surface area contributed by atoms with Crippen molar-refractivity contribution in [1.82, 2.24) is 10.3 Å². The van der Waals surface area contributed by atoms with Gasteiger partial charge in [-0.25, -0.2) is 4.98 Å². The van der Waals surface area contributed by atoms with Crippen LogP contribution in [0.15, 0.2) is 6.07 Å². The molecular formula is C11H16Cl2N4O. The van der Waals surface area contributed by atoms with E-state index in [-0.39, 0.29) is 12.5 Å². The molecule has 1 aromatic heterocycles. The van der Waals surface area contributed by atoms with E-state index in [1.54, 1.807) is 25.1 Å². The summed E-state index contributed by atoms with van der Waals surface area (Å²) in [6.45, 7) is 2.64. The van der Waals surface area contributed by atoms with E-state index >= 15 is 0 Å². The fourth-order valence-electron chi connectivity index (χ4n) is 1.44. The van der Waals surface area contributed by atoms with Crippen LogP contribution in [0.2, 0.25) is 10.0 Å². The van der Waals surface area contributed by atoms with Crippen molar-refractivity contribution >= 4 is 40.7 Å². The zero-order chi connectivity index (χ0) is 13.7. The Morgan fingerprint density at radius 1 is 1.44 bits per heavy atom. The molecule has 0 unspecified atom stereocenters. The number of nitrogens with zero attached hydrogens (tertiary/aromatic N) is 2. The van der Waals surface area contributed by atoms with E-state index in [0.29, 0.717) is 28.2 Å². The van der Waals surface area contributed by atoms with Gasteiger partial charge >= 0.3 is 0 Å². The maximum atomic E-state index is 11.5. The summed E-state index contributed by atoms with van der Waals surface area (Å²) in [6.07, 6.45) is 0. The van der Waals surface area contributed by atoms with Crippen LogP contribution in [0.1, 0.15) is 6.92 Å². The highest BCUT2D eigenvalue weighted by molar-refractivity contribution is 6.37. The summed E-state index contributed by atoms with van der Waals surface area (Å²) in [5.41, 5.74) is 0. The molecule has 2 N–H and O–H groups in total.